The highest BCUT2D eigenvalue weighted by Gasteiger charge is 2.26. The molecule has 2 rings (SSSR count). The molecule has 0 heterocycles. The Morgan fingerprint density at radius 1 is 0.778 bits per heavy atom. The van der Waals surface area contributed by atoms with Crippen molar-refractivity contribution >= 4 is 23.2 Å². The molecule has 0 radical (unpaired) electrons. The van der Waals surface area contributed by atoms with Crippen LogP contribution >= 0.6 is 23.2 Å². The van der Waals surface area contributed by atoms with Crippen LogP contribution in [0.3, 0.4) is 0 Å². The van der Waals surface area contributed by atoms with Crippen molar-refractivity contribution in [3.8, 4) is 0 Å². The number of aryl methyl sites for hydroxylation is 2. The lowest BCUT2D eigenvalue weighted by molar-refractivity contribution is -0.598. The van der Waals surface area contributed by atoms with Gasteiger partial charge in [-0.1, -0.05) is 47.5 Å². The number of benzene rings is 2. The van der Waals surface area contributed by atoms with Gasteiger partial charge in [-0.15, -0.1) is 0 Å². The van der Waals surface area contributed by atoms with E-state index in [1.54, 1.807) is 0 Å². The number of rotatable bonds is 2. The summed E-state index contributed by atoms with van der Waals surface area (Å²) in [5.41, 5.74) is 2.51. The second-order valence-electron chi connectivity index (χ2n) is 3.84. The van der Waals surface area contributed by atoms with Crippen molar-refractivity contribution in [3.63, 3.8) is 0 Å². The van der Waals surface area contributed by atoms with E-state index >= 15 is 0 Å². The molecule has 0 amide bonds. The summed E-state index contributed by atoms with van der Waals surface area (Å²) >= 11 is 12.2. The smallest absolute Gasteiger partial charge is 0.361 e. The van der Waals surface area contributed by atoms with Gasteiger partial charge < -0.3 is 12.4 Å². The van der Waals surface area contributed by atoms with Gasteiger partial charge in [-0.3, -0.25) is 0 Å². The molecule has 0 bridgehead atoms. The Bertz CT molecular complexity index is 463. The predicted octanol–water partition coefficient (Wildman–Crippen LogP) is -1.26. The molecular formula is C14H12Cl3I. The van der Waals surface area contributed by atoms with Crippen molar-refractivity contribution in [3.05, 3.63) is 64.7 Å². The molecule has 2 aromatic rings. The van der Waals surface area contributed by atoms with E-state index in [0.29, 0.717) is 0 Å². The maximum Gasteiger partial charge on any atom is 0.361 e. The van der Waals surface area contributed by atoms with Crippen LogP contribution in [0.4, 0.5) is 0 Å². The Kier molecular flexibility index (Phi) is 6.25. The van der Waals surface area contributed by atoms with Crippen LogP contribution in [-0.2, 0) is 0 Å². The van der Waals surface area contributed by atoms with Gasteiger partial charge in [0.15, 0.2) is 0 Å². The summed E-state index contributed by atoms with van der Waals surface area (Å²) in [4.78, 5) is 0. The summed E-state index contributed by atoms with van der Waals surface area (Å²) in [5, 5.41) is 1.72. The summed E-state index contributed by atoms with van der Waals surface area (Å²) in [7, 11) is 0. The van der Waals surface area contributed by atoms with Crippen LogP contribution in [0.5, 0.6) is 0 Å². The third-order valence-corrected chi connectivity index (χ3v) is 7.69. The molecular weight excluding hydrogens is 401 g/mol. The molecule has 0 saturated heterocycles. The first kappa shape index (κ1) is 16.1. The predicted molar refractivity (Wildman–Crippen MR) is 69.8 cm³/mol. The van der Waals surface area contributed by atoms with Gasteiger partial charge in [0.1, 0.15) is 0 Å². The lowest BCUT2D eigenvalue weighted by Gasteiger charge is -1.99. The van der Waals surface area contributed by atoms with E-state index in [-0.39, 0.29) is 33.6 Å². The summed E-state index contributed by atoms with van der Waals surface area (Å²) in [6, 6.07) is 12.1. The normalized spacial score (nSPS) is 10.0. The molecule has 18 heavy (non-hydrogen) atoms. The molecule has 0 aliphatic rings. The fourth-order valence-corrected chi connectivity index (χ4v) is 5.10. The summed E-state index contributed by atoms with van der Waals surface area (Å²) in [5.74, 6) is 0. The average molecular weight is 414 g/mol. The van der Waals surface area contributed by atoms with Gasteiger partial charge in [-0.2, -0.15) is 0 Å². The molecule has 0 N–H and O–H groups in total. The van der Waals surface area contributed by atoms with E-state index < -0.39 is 0 Å². The van der Waals surface area contributed by atoms with Crippen LogP contribution in [0.1, 0.15) is 11.1 Å². The Hall–Kier alpha value is 0.0400. The standard InChI is InChI=1S/C14H12Cl2I.ClH/c1-9-5-3-7-11(15)13(9)17-14-10(2)6-4-8-12(14)16;/h3-8H,1-2H3;1H/q+1;/p-1. The molecule has 0 saturated carbocycles. The second-order valence-corrected chi connectivity index (χ2v) is 7.35. The van der Waals surface area contributed by atoms with Gasteiger partial charge in [0.25, 0.3) is 0 Å². The molecule has 0 unspecified atom stereocenters. The van der Waals surface area contributed by atoms with Crippen LogP contribution in [0.2, 0.25) is 10.0 Å². The van der Waals surface area contributed by atoms with Gasteiger partial charge >= 0.3 is 21.2 Å². The van der Waals surface area contributed by atoms with Gasteiger partial charge in [-0.05, 0) is 26.0 Å². The lowest BCUT2D eigenvalue weighted by atomic mass is 10.2. The summed E-state index contributed by atoms with van der Waals surface area (Å²) < 4.78 is 2.54. The Morgan fingerprint density at radius 3 is 1.50 bits per heavy atom. The van der Waals surface area contributed by atoms with E-state index in [9.17, 15) is 0 Å². The van der Waals surface area contributed by atoms with Crippen molar-refractivity contribution in [1.29, 1.82) is 0 Å². The first-order valence-corrected chi connectivity index (χ1v) is 8.16. The highest BCUT2D eigenvalue weighted by molar-refractivity contribution is 6.31. The Balaban J connectivity index is 0.00000162. The van der Waals surface area contributed by atoms with Gasteiger partial charge in [-0.25, -0.2) is 0 Å². The maximum atomic E-state index is 6.27. The molecule has 0 nitrogen and oxygen atoms in total. The molecule has 0 aliphatic carbocycles. The zero-order valence-corrected chi connectivity index (χ0v) is 14.4. The second kappa shape index (κ2) is 6.99. The quantitative estimate of drug-likeness (QED) is 0.540. The van der Waals surface area contributed by atoms with Crippen molar-refractivity contribution in [2.75, 3.05) is 0 Å². The Morgan fingerprint density at radius 2 is 1.17 bits per heavy atom. The molecule has 4 heteroatoms. The zero-order valence-electron chi connectivity index (χ0n) is 9.98. The maximum absolute atomic E-state index is 6.27. The molecule has 2 aromatic carbocycles. The van der Waals surface area contributed by atoms with Crippen molar-refractivity contribution in [2.24, 2.45) is 0 Å². The minimum Gasteiger partial charge on any atom is -1.00 e. The third-order valence-electron chi connectivity index (χ3n) is 2.48. The zero-order chi connectivity index (χ0) is 12.4. The van der Waals surface area contributed by atoms with Crippen LogP contribution in [0.25, 0.3) is 0 Å². The largest absolute Gasteiger partial charge is 1.00 e. The molecule has 0 spiro atoms. The van der Waals surface area contributed by atoms with Crippen LogP contribution < -0.4 is 33.6 Å². The van der Waals surface area contributed by atoms with E-state index in [4.69, 9.17) is 23.2 Å². The van der Waals surface area contributed by atoms with E-state index in [1.807, 2.05) is 24.3 Å². The summed E-state index contributed by atoms with van der Waals surface area (Å²) in [6.45, 7) is 4.21. The van der Waals surface area contributed by atoms with Gasteiger partial charge in [0.2, 0.25) is 7.14 Å². The minimum atomic E-state index is -0.322. The Labute approximate surface area is 134 Å². The SMILES string of the molecule is Cc1cccc(Cl)c1[I+]c1c(C)cccc1Cl.[Cl-]. The average Bonchev–Trinajstić information content (AvgIpc) is 2.27. The fourth-order valence-electron chi connectivity index (χ4n) is 1.56. The van der Waals surface area contributed by atoms with Crippen LogP contribution in [0, 0.1) is 21.0 Å². The number of halogens is 4. The van der Waals surface area contributed by atoms with Crippen molar-refractivity contribution in [1.82, 2.24) is 0 Å². The first-order valence-electron chi connectivity index (χ1n) is 5.24. The molecule has 0 atom stereocenters. The molecule has 0 aliphatic heterocycles. The minimum absolute atomic E-state index is 0. The van der Waals surface area contributed by atoms with Crippen LogP contribution in [-0.4, -0.2) is 0 Å². The molecule has 96 valence electrons. The topological polar surface area (TPSA) is 0 Å². The van der Waals surface area contributed by atoms with Gasteiger partial charge in [0, 0.05) is 11.1 Å². The van der Waals surface area contributed by atoms with Gasteiger partial charge in [0.05, 0.1) is 10.0 Å². The number of hydrogen-bond donors (Lipinski definition) is 0. The van der Waals surface area contributed by atoms with Crippen LogP contribution in [0.15, 0.2) is 36.4 Å². The van der Waals surface area contributed by atoms with Crippen molar-refractivity contribution < 1.29 is 33.6 Å². The number of hydrogen-bond acceptors (Lipinski definition) is 0. The van der Waals surface area contributed by atoms with E-state index in [2.05, 4.69) is 26.0 Å². The first-order chi connectivity index (χ1) is 8.09. The fraction of sp³-hybridized carbons (Fsp3) is 0.143. The van der Waals surface area contributed by atoms with Crippen molar-refractivity contribution in [2.45, 2.75) is 13.8 Å². The summed E-state index contributed by atoms with van der Waals surface area (Å²) in [6.07, 6.45) is 0. The monoisotopic (exact) mass is 412 g/mol. The highest BCUT2D eigenvalue weighted by atomic mass is 127. The highest BCUT2D eigenvalue weighted by Crippen LogP contribution is 2.12. The molecule has 0 aromatic heterocycles. The third kappa shape index (κ3) is 3.53. The lowest BCUT2D eigenvalue weighted by Crippen LogP contribution is -3.62. The van der Waals surface area contributed by atoms with E-state index in [1.165, 1.54) is 18.3 Å². The van der Waals surface area contributed by atoms with E-state index in [0.717, 1.165) is 10.0 Å². The molecule has 0 fully saturated rings.